The SMILES string of the molecule is COc1cc(OC)c(NC(=O)CSc2ncc(-c3cccc(Cl)c3)o2)cc1Cl. The average molecular weight is 439 g/mol. The van der Waals surface area contributed by atoms with Gasteiger partial charge in [-0.2, -0.15) is 0 Å². The molecule has 0 saturated carbocycles. The Bertz CT molecular complexity index is 994. The molecule has 0 bridgehead atoms. The first kappa shape index (κ1) is 20.4. The summed E-state index contributed by atoms with van der Waals surface area (Å²) in [7, 11) is 3.00. The third-order valence-corrected chi connectivity index (χ3v) is 5.04. The first-order valence-corrected chi connectivity index (χ1v) is 9.80. The zero-order valence-electron chi connectivity index (χ0n) is 15.0. The van der Waals surface area contributed by atoms with Gasteiger partial charge in [-0.15, -0.1) is 0 Å². The van der Waals surface area contributed by atoms with E-state index in [1.165, 1.54) is 26.0 Å². The number of nitrogens with one attached hydrogen (secondary N) is 1. The molecule has 3 rings (SSSR count). The number of aromatic nitrogens is 1. The van der Waals surface area contributed by atoms with Crippen molar-refractivity contribution in [2.24, 2.45) is 0 Å². The van der Waals surface area contributed by atoms with Crippen molar-refractivity contribution >= 4 is 46.6 Å². The number of oxazole rings is 1. The zero-order valence-corrected chi connectivity index (χ0v) is 17.3. The molecule has 0 atom stereocenters. The van der Waals surface area contributed by atoms with Gasteiger partial charge in [-0.3, -0.25) is 4.79 Å². The molecule has 1 aromatic heterocycles. The standard InChI is InChI=1S/C19H16Cl2N2O4S/c1-25-15-8-16(26-2)14(7-13(15)21)23-18(24)10-28-19-22-9-17(27-19)11-4-3-5-12(20)6-11/h3-9H,10H2,1-2H3,(H,23,24). The Morgan fingerprint density at radius 2 is 1.96 bits per heavy atom. The lowest BCUT2D eigenvalue weighted by molar-refractivity contribution is -0.113. The Hall–Kier alpha value is -2.35. The van der Waals surface area contributed by atoms with Crippen molar-refractivity contribution in [3.05, 3.63) is 52.6 Å². The van der Waals surface area contributed by atoms with Crippen molar-refractivity contribution in [3.8, 4) is 22.8 Å². The Balaban J connectivity index is 1.63. The molecule has 1 N–H and O–H groups in total. The van der Waals surface area contributed by atoms with E-state index in [0.29, 0.717) is 38.2 Å². The van der Waals surface area contributed by atoms with Gasteiger partial charge in [-0.25, -0.2) is 4.98 Å². The summed E-state index contributed by atoms with van der Waals surface area (Å²) < 4.78 is 16.1. The van der Waals surface area contributed by atoms with Gasteiger partial charge >= 0.3 is 0 Å². The average Bonchev–Trinajstić information content (AvgIpc) is 3.16. The number of hydrogen-bond acceptors (Lipinski definition) is 6. The lowest BCUT2D eigenvalue weighted by atomic mass is 10.2. The minimum absolute atomic E-state index is 0.0995. The quantitative estimate of drug-likeness (QED) is 0.498. The van der Waals surface area contributed by atoms with Crippen LogP contribution in [0.15, 0.2) is 52.2 Å². The van der Waals surface area contributed by atoms with Crippen molar-refractivity contribution in [3.63, 3.8) is 0 Å². The first-order valence-electron chi connectivity index (χ1n) is 8.06. The van der Waals surface area contributed by atoms with Crippen LogP contribution >= 0.6 is 35.0 Å². The lowest BCUT2D eigenvalue weighted by Gasteiger charge is -2.12. The number of halogens is 2. The van der Waals surface area contributed by atoms with Gasteiger partial charge in [0.1, 0.15) is 11.5 Å². The molecule has 146 valence electrons. The number of carbonyl (C=O) groups is 1. The molecule has 6 nitrogen and oxygen atoms in total. The predicted molar refractivity (Wildman–Crippen MR) is 111 cm³/mol. The number of carbonyl (C=O) groups excluding carboxylic acids is 1. The zero-order chi connectivity index (χ0) is 20.1. The van der Waals surface area contributed by atoms with Gasteiger partial charge in [-0.05, 0) is 18.2 Å². The van der Waals surface area contributed by atoms with Gasteiger partial charge in [-0.1, -0.05) is 47.1 Å². The molecule has 0 saturated heterocycles. The van der Waals surface area contributed by atoms with E-state index in [4.69, 9.17) is 37.1 Å². The van der Waals surface area contributed by atoms with E-state index < -0.39 is 0 Å². The number of thioether (sulfide) groups is 1. The van der Waals surface area contributed by atoms with Gasteiger partial charge in [0, 0.05) is 16.7 Å². The molecule has 3 aromatic rings. The normalized spacial score (nSPS) is 10.6. The summed E-state index contributed by atoms with van der Waals surface area (Å²) in [6, 6.07) is 10.4. The number of rotatable bonds is 7. The molecule has 2 aromatic carbocycles. The molecule has 28 heavy (non-hydrogen) atoms. The van der Waals surface area contributed by atoms with Gasteiger partial charge in [0.25, 0.3) is 5.22 Å². The van der Waals surface area contributed by atoms with Crippen molar-refractivity contribution in [2.75, 3.05) is 25.3 Å². The van der Waals surface area contributed by atoms with Gasteiger partial charge < -0.3 is 19.2 Å². The Kier molecular flexibility index (Phi) is 6.72. The second kappa shape index (κ2) is 9.23. The predicted octanol–water partition coefficient (Wildman–Crippen LogP) is 5.40. The van der Waals surface area contributed by atoms with E-state index in [1.807, 2.05) is 12.1 Å². The fraction of sp³-hybridized carbons (Fsp3) is 0.158. The number of anilines is 1. The van der Waals surface area contributed by atoms with Crippen molar-refractivity contribution in [1.82, 2.24) is 4.98 Å². The molecular weight excluding hydrogens is 423 g/mol. The summed E-state index contributed by atoms with van der Waals surface area (Å²) in [5, 5.41) is 4.11. The van der Waals surface area contributed by atoms with Crippen LogP contribution in [-0.4, -0.2) is 30.9 Å². The summed E-state index contributed by atoms with van der Waals surface area (Å²) in [5.41, 5.74) is 1.26. The van der Waals surface area contributed by atoms with E-state index in [9.17, 15) is 4.79 Å². The molecule has 0 aliphatic carbocycles. The molecular formula is C19H16Cl2N2O4S. The van der Waals surface area contributed by atoms with Crippen molar-refractivity contribution in [1.29, 1.82) is 0 Å². The number of hydrogen-bond donors (Lipinski definition) is 1. The first-order chi connectivity index (χ1) is 13.5. The van der Waals surface area contributed by atoms with E-state index in [1.54, 1.807) is 30.5 Å². The number of methoxy groups -OCH3 is 2. The topological polar surface area (TPSA) is 73.6 Å². The van der Waals surface area contributed by atoms with Crippen molar-refractivity contribution < 1.29 is 18.7 Å². The van der Waals surface area contributed by atoms with E-state index >= 15 is 0 Å². The van der Waals surface area contributed by atoms with Crippen LogP contribution in [-0.2, 0) is 4.79 Å². The Morgan fingerprint density at radius 1 is 1.18 bits per heavy atom. The number of nitrogens with zero attached hydrogens (tertiary/aromatic N) is 1. The molecule has 0 aliphatic heterocycles. The fourth-order valence-corrected chi connectivity index (χ4v) is 3.41. The van der Waals surface area contributed by atoms with E-state index in [-0.39, 0.29) is 11.7 Å². The van der Waals surface area contributed by atoms with Crippen LogP contribution in [0, 0.1) is 0 Å². The monoisotopic (exact) mass is 438 g/mol. The van der Waals surface area contributed by atoms with Crippen LogP contribution in [0.2, 0.25) is 10.0 Å². The second-order valence-corrected chi connectivity index (χ2v) is 7.29. The maximum Gasteiger partial charge on any atom is 0.256 e. The summed E-state index contributed by atoms with van der Waals surface area (Å²) in [6.07, 6.45) is 1.60. The summed E-state index contributed by atoms with van der Waals surface area (Å²) >= 11 is 13.3. The van der Waals surface area contributed by atoms with Crippen LogP contribution in [0.5, 0.6) is 11.5 Å². The molecule has 1 heterocycles. The molecule has 0 radical (unpaired) electrons. The van der Waals surface area contributed by atoms with Crippen LogP contribution in [0.25, 0.3) is 11.3 Å². The van der Waals surface area contributed by atoms with Gasteiger partial charge in [0.2, 0.25) is 5.91 Å². The van der Waals surface area contributed by atoms with Crippen molar-refractivity contribution in [2.45, 2.75) is 5.22 Å². The van der Waals surface area contributed by atoms with E-state index in [0.717, 1.165) is 5.56 Å². The Labute approximate surface area is 176 Å². The van der Waals surface area contributed by atoms with E-state index in [2.05, 4.69) is 10.3 Å². The minimum atomic E-state index is -0.257. The minimum Gasteiger partial charge on any atom is -0.495 e. The molecule has 1 amide bonds. The Morgan fingerprint density at radius 3 is 2.68 bits per heavy atom. The maximum absolute atomic E-state index is 12.3. The summed E-state index contributed by atoms with van der Waals surface area (Å²) in [6.45, 7) is 0. The number of amides is 1. The molecule has 0 fully saturated rings. The van der Waals surface area contributed by atoms with Gasteiger partial charge in [0.05, 0.1) is 36.9 Å². The fourth-order valence-electron chi connectivity index (χ4n) is 2.37. The second-order valence-electron chi connectivity index (χ2n) is 5.52. The molecule has 0 unspecified atom stereocenters. The highest BCUT2D eigenvalue weighted by atomic mass is 35.5. The number of ether oxygens (including phenoxy) is 2. The number of benzene rings is 2. The molecule has 9 heteroatoms. The highest BCUT2D eigenvalue weighted by molar-refractivity contribution is 7.99. The van der Waals surface area contributed by atoms with Crippen LogP contribution < -0.4 is 14.8 Å². The lowest BCUT2D eigenvalue weighted by Crippen LogP contribution is -2.14. The molecule has 0 aliphatic rings. The molecule has 0 spiro atoms. The summed E-state index contributed by atoms with van der Waals surface area (Å²) in [5.74, 6) is 1.32. The highest BCUT2D eigenvalue weighted by Crippen LogP contribution is 2.36. The third kappa shape index (κ3) is 4.92. The summed E-state index contributed by atoms with van der Waals surface area (Å²) in [4.78, 5) is 16.5. The van der Waals surface area contributed by atoms with Crippen LogP contribution in [0.3, 0.4) is 0 Å². The smallest absolute Gasteiger partial charge is 0.256 e. The third-order valence-electron chi connectivity index (χ3n) is 3.67. The van der Waals surface area contributed by atoms with Crippen LogP contribution in [0.1, 0.15) is 0 Å². The maximum atomic E-state index is 12.3. The largest absolute Gasteiger partial charge is 0.495 e. The highest BCUT2D eigenvalue weighted by Gasteiger charge is 2.14. The van der Waals surface area contributed by atoms with Gasteiger partial charge in [0.15, 0.2) is 5.76 Å². The van der Waals surface area contributed by atoms with Crippen LogP contribution in [0.4, 0.5) is 5.69 Å².